The highest BCUT2D eigenvalue weighted by molar-refractivity contribution is 5.66. The van der Waals surface area contributed by atoms with Gasteiger partial charge in [0.05, 0.1) is 0 Å². The first-order chi connectivity index (χ1) is 14.0. The third kappa shape index (κ3) is 3.17. The fraction of sp³-hybridized carbons (Fsp3) is 0.360. The molecule has 0 unspecified atom stereocenters. The topological polar surface area (TPSA) is 41.1 Å². The predicted octanol–water partition coefficient (Wildman–Crippen LogP) is 4.98. The van der Waals surface area contributed by atoms with Gasteiger partial charge < -0.3 is 10.2 Å². The molecule has 4 heteroatoms. The fourth-order valence-electron chi connectivity index (χ4n) is 5.11. The van der Waals surface area contributed by atoms with Crippen molar-refractivity contribution in [2.24, 2.45) is 0 Å². The lowest BCUT2D eigenvalue weighted by atomic mass is 10.1. The van der Waals surface area contributed by atoms with Gasteiger partial charge in [-0.1, -0.05) is 42.0 Å². The monoisotopic (exact) mass is 384 g/mol. The van der Waals surface area contributed by atoms with Crippen molar-refractivity contribution in [1.82, 2.24) is 9.97 Å². The molecule has 3 aromatic rings. The predicted molar refractivity (Wildman–Crippen MR) is 119 cm³/mol. The average molecular weight is 385 g/mol. The summed E-state index contributed by atoms with van der Waals surface area (Å²) in [4.78, 5) is 12.3. The Hall–Kier alpha value is -2.88. The molecule has 1 aliphatic heterocycles. The summed E-state index contributed by atoms with van der Waals surface area (Å²) in [7, 11) is 0. The Morgan fingerprint density at radius 2 is 1.59 bits per heavy atom. The van der Waals surface area contributed by atoms with Crippen LogP contribution in [0.15, 0.2) is 36.4 Å². The van der Waals surface area contributed by atoms with E-state index in [1.165, 1.54) is 33.4 Å². The van der Waals surface area contributed by atoms with E-state index in [-0.39, 0.29) is 0 Å². The molecule has 4 nitrogen and oxygen atoms in total. The first kappa shape index (κ1) is 18.2. The Morgan fingerprint density at radius 1 is 0.931 bits per heavy atom. The van der Waals surface area contributed by atoms with Gasteiger partial charge in [-0.2, -0.15) is 4.98 Å². The average Bonchev–Trinajstić information content (AvgIpc) is 3.28. The second-order valence-electron chi connectivity index (χ2n) is 8.61. The summed E-state index contributed by atoms with van der Waals surface area (Å²) in [6, 6.07) is 13.8. The summed E-state index contributed by atoms with van der Waals surface area (Å²) in [5.74, 6) is 1.83. The number of rotatable bonds is 3. The quantitative estimate of drug-likeness (QED) is 0.691. The molecule has 0 bridgehead atoms. The molecule has 0 atom stereocenters. The van der Waals surface area contributed by atoms with E-state index in [0.717, 1.165) is 43.0 Å². The van der Waals surface area contributed by atoms with Crippen molar-refractivity contribution < 1.29 is 0 Å². The molecule has 0 saturated heterocycles. The zero-order valence-corrected chi connectivity index (χ0v) is 17.7. The lowest BCUT2D eigenvalue weighted by Gasteiger charge is -2.26. The van der Waals surface area contributed by atoms with Crippen LogP contribution in [0.1, 0.15) is 39.1 Å². The summed E-state index contributed by atoms with van der Waals surface area (Å²) in [6.45, 7) is 9.58. The van der Waals surface area contributed by atoms with Gasteiger partial charge in [-0.05, 0) is 69.2 Å². The molecule has 1 aliphatic carbocycles. The van der Waals surface area contributed by atoms with Crippen molar-refractivity contribution in [3.8, 4) is 0 Å². The van der Waals surface area contributed by atoms with Gasteiger partial charge in [-0.25, -0.2) is 4.98 Å². The van der Waals surface area contributed by atoms with E-state index in [2.05, 4.69) is 74.3 Å². The first-order valence-electron chi connectivity index (χ1n) is 10.6. The van der Waals surface area contributed by atoms with Crippen molar-refractivity contribution in [1.29, 1.82) is 0 Å². The highest BCUT2D eigenvalue weighted by Gasteiger charge is 2.33. The summed E-state index contributed by atoms with van der Waals surface area (Å²) < 4.78 is 0. The van der Waals surface area contributed by atoms with Crippen LogP contribution in [0.25, 0.3) is 0 Å². The van der Waals surface area contributed by atoms with E-state index in [9.17, 15) is 0 Å². The molecule has 0 saturated carbocycles. The lowest BCUT2D eigenvalue weighted by Crippen LogP contribution is -2.35. The minimum absolute atomic E-state index is 0.499. The standard InChI is InChI=1S/C25H28N4/c1-15-11-16(2)23(17(3)12-15)27-25-26-18(4)22-9-10-29(24(22)28-25)21-13-19-7-5-6-8-20(19)14-21/h5-8,11-12,21H,9-10,13-14H2,1-4H3,(H,26,27,28). The van der Waals surface area contributed by atoms with Gasteiger partial charge in [0.1, 0.15) is 5.82 Å². The van der Waals surface area contributed by atoms with Crippen molar-refractivity contribution in [3.05, 3.63) is 75.5 Å². The third-order valence-electron chi connectivity index (χ3n) is 6.45. The van der Waals surface area contributed by atoms with E-state index in [1.54, 1.807) is 0 Å². The summed E-state index contributed by atoms with van der Waals surface area (Å²) in [5.41, 5.74) is 10.2. The number of hydrogen-bond acceptors (Lipinski definition) is 4. The van der Waals surface area contributed by atoms with Gasteiger partial charge in [0, 0.05) is 29.5 Å². The minimum atomic E-state index is 0.499. The fourth-order valence-corrected chi connectivity index (χ4v) is 5.11. The second kappa shape index (κ2) is 6.87. The number of aryl methyl sites for hydroxylation is 4. The van der Waals surface area contributed by atoms with E-state index < -0.39 is 0 Å². The van der Waals surface area contributed by atoms with Crippen LogP contribution < -0.4 is 10.2 Å². The molecule has 2 aliphatic rings. The largest absolute Gasteiger partial charge is 0.352 e. The molecule has 0 spiro atoms. The van der Waals surface area contributed by atoms with Crippen molar-refractivity contribution in [2.75, 3.05) is 16.8 Å². The van der Waals surface area contributed by atoms with E-state index in [1.807, 2.05) is 0 Å². The van der Waals surface area contributed by atoms with Crippen LogP contribution in [0.4, 0.5) is 17.5 Å². The number of aromatic nitrogens is 2. The lowest BCUT2D eigenvalue weighted by molar-refractivity contribution is 0.631. The Balaban J connectivity index is 1.47. The molecule has 2 heterocycles. The third-order valence-corrected chi connectivity index (χ3v) is 6.45. The molecule has 1 N–H and O–H groups in total. The van der Waals surface area contributed by atoms with E-state index in [0.29, 0.717) is 12.0 Å². The zero-order valence-electron chi connectivity index (χ0n) is 17.7. The molecular formula is C25H28N4. The van der Waals surface area contributed by atoms with Crippen LogP contribution in [0, 0.1) is 27.7 Å². The Bertz CT molecular complexity index is 1050. The number of nitrogens with zero attached hydrogens (tertiary/aromatic N) is 3. The SMILES string of the molecule is Cc1cc(C)c(Nc2nc(C)c3c(n2)N(C2Cc4ccccc4C2)CC3)c(C)c1. The Labute approximate surface area is 173 Å². The van der Waals surface area contributed by atoms with Crippen LogP contribution in [0.5, 0.6) is 0 Å². The van der Waals surface area contributed by atoms with Crippen molar-refractivity contribution in [2.45, 2.75) is 53.0 Å². The molecular weight excluding hydrogens is 356 g/mol. The molecule has 29 heavy (non-hydrogen) atoms. The van der Waals surface area contributed by atoms with Gasteiger partial charge in [0.15, 0.2) is 0 Å². The number of hydrogen-bond donors (Lipinski definition) is 1. The number of fused-ring (bicyclic) bond motifs is 2. The van der Waals surface area contributed by atoms with Crippen molar-refractivity contribution >= 4 is 17.5 Å². The number of nitrogens with one attached hydrogen (secondary N) is 1. The summed E-state index contributed by atoms with van der Waals surface area (Å²) in [5, 5.41) is 3.52. The smallest absolute Gasteiger partial charge is 0.229 e. The Morgan fingerprint density at radius 3 is 2.24 bits per heavy atom. The number of benzene rings is 2. The second-order valence-corrected chi connectivity index (χ2v) is 8.61. The van der Waals surface area contributed by atoms with Crippen LogP contribution in [-0.4, -0.2) is 22.6 Å². The van der Waals surface area contributed by atoms with Crippen molar-refractivity contribution in [3.63, 3.8) is 0 Å². The molecule has 148 valence electrons. The Kier molecular flexibility index (Phi) is 4.30. The van der Waals surface area contributed by atoms with E-state index >= 15 is 0 Å². The zero-order chi connectivity index (χ0) is 20.1. The van der Waals surface area contributed by atoms with Crippen LogP contribution in [0.3, 0.4) is 0 Å². The summed E-state index contributed by atoms with van der Waals surface area (Å²) >= 11 is 0. The van der Waals surface area contributed by atoms with Crippen LogP contribution >= 0.6 is 0 Å². The molecule has 0 amide bonds. The molecule has 0 fully saturated rings. The van der Waals surface area contributed by atoms with Gasteiger partial charge in [0.2, 0.25) is 5.95 Å². The van der Waals surface area contributed by atoms with Gasteiger partial charge in [-0.3, -0.25) is 0 Å². The molecule has 1 aromatic heterocycles. The highest BCUT2D eigenvalue weighted by atomic mass is 15.3. The summed E-state index contributed by atoms with van der Waals surface area (Å²) in [6.07, 6.45) is 3.26. The molecule has 0 radical (unpaired) electrons. The molecule has 5 rings (SSSR count). The first-order valence-corrected chi connectivity index (χ1v) is 10.6. The van der Waals surface area contributed by atoms with Gasteiger partial charge >= 0.3 is 0 Å². The maximum Gasteiger partial charge on any atom is 0.229 e. The van der Waals surface area contributed by atoms with Gasteiger partial charge in [0.25, 0.3) is 0 Å². The van der Waals surface area contributed by atoms with Crippen LogP contribution in [0.2, 0.25) is 0 Å². The minimum Gasteiger partial charge on any atom is -0.352 e. The maximum atomic E-state index is 5.01. The highest BCUT2D eigenvalue weighted by Crippen LogP contribution is 2.36. The van der Waals surface area contributed by atoms with Gasteiger partial charge in [-0.15, -0.1) is 0 Å². The maximum absolute atomic E-state index is 5.01. The molecule has 2 aromatic carbocycles. The van der Waals surface area contributed by atoms with E-state index in [4.69, 9.17) is 9.97 Å². The van der Waals surface area contributed by atoms with Crippen LogP contribution in [-0.2, 0) is 19.3 Å². The normalized spacial score (nSPS) is 15.5. The number of anilines is 3.